The van der Waals surface area contributed by atoms with Gasteiger partial charge < -0.3 is 5.73 Å². The quantitative estimate of drug-likeness (QED) is 0.792. The van der Waals surface area contributed by atoms with Crippen molar-refractivity contribution in [3.8, 4) is 0 Å². The monoisotopic (exact) mass is 285 g/mol. The molecule has 0 aliphatic heterocycles. The maximum atomic E-state index is 5.92. The van der Waals surface area contributed by atoms with E-state index in [4.69, 9.17) is 5.73 Å². The maximum absolute atomic E-state index is 5.92. The standard InChI is InChI=1S/C18H27N3/c1-14(19)13-18-15(2)20-21(16(18)3)12-8-7-11-17-9-5-4-6-10-17/h4-6,9-10,14H,7-8,11-13,19H2,1-3H3. The lowest BCUT2D eigenvalue weighted by molar-refractivity contribution is 0.542. The Morgan fingerprint density at radius 1 is 1.14 bits per heavy atom. The fraction of sp³-hybridized carbons (Fsp3) is 0.500. The number of aromatic nitrogens is 2. The summed E-state index contributed by atoms with van der Waals surface area (Å²) in [7, 11) is 0. The summed E-state index contributed by atoms with van der Waals surface area (Å²) in [6.07, 6.45) is 4.42. The number of aryl methyl sites for hydroxylation is 3. The molecule has 1 aromatic carbocycles. The number of rotatable bonds is 7. The molecule has 2 aromatic rings. The van der Waals surface area contributed by atoms with Crippen LogP contribution in [0, 0.1) is 13.8 Å². The van der Waals surface area contributed by atoms with Crippen LogP contribution >= 0.6 is 0 Å². The third-order valence-electron chi connectivity index (χ3n) is 3.99. The number of nitrogens with zero attached hydrogens (tertiary/aromatic N) is 2. The van der Waals surface area contributed by atoms with Gasteiger partial charge >= 0.3 is 0 Å². The van der Waals surface area contributed by atoms with Crippen LogP contribution in [-0.4, -0.2) is 15.8 Å². The van der Waals surface area contributed by atoms with Gasteiger partial charge in [-0.3, -0.25) is 4.68 Å². The zero-order valence-corrected chi connectivity index (χ0v) is 13.5. The van der Waals surface area contributed by atoms with Crippen molar-refractivity contribution in [2.45, 2.75) is 59.0 Å². The summed E-state index contributed by atoms with van der Waals surface area (Å²) in [5, 5.41) is 4.67. The summed E-state index contributed by atoms with van der Waals surface area (Å²) in [5.41, 5.74) is 11.1. The van der Waals surface area contributed by atoms with E-state index < -0.39 is 0 Å². The average molecular weight is 285 g/mol. The Bertz CT molecular complexity index is 555. The Morgan fingerprint density at radius 3 is 2.52 bits per heavy atom. The zero-order valence-electron chi connectivity index (χ0n) is 13.5. The van der Waals surface area contributed by atoms with E-state index in [0.717, 1.165) is 31.5 Å². The van der Waals surface area contributed by atoms with Crippen molar-refractivity contribution in [2.75, 3.05) is 0 Å². The minimum absolute atomic E-state index is 0.193. The predicted molar refractivity (Wildman–Crippen MR) is 88.4 cm³/mol. The van der Waals surface area contributed by atoms with Crippen LogP contribution in [0.5, 0.6) is 0 Å². The van der Waals surface area contributed by atoms with Crippen LogP contribution in [-0.2, 0) is 19.4 Å². The third-order valence-corrected chi connectivity index (χ3v) is 3.99. The largest absolute Gasteiger partial charge is 0.328 e. The molecule has 1 heterocycles. The lowest BCUT2D eigenvalue weighted by atomic mass is 10.1. The van der Waals surface area contributed by atoms with Crippen molar-refractivity contribution >= 4 is 0 Å². The van der Waals surface area contributed by atoms with Gasteiger partial charge in [0.25, 0.3) is 0 Å². The first-order valence-corrected chi connectivity index (χ1v) is 7.90. The van der Waals surface area contributed by atoms with Crippen LogP contribution < -0.4 is 5.73 Å². The number of hydrogen-bond acceptors (Lipinski definition) is 2. The molecule has 3 nitrogen and oxygen atoms in total. The fourth-order valence-corrected chi connectivity index (χ4v) is 2.80. The molecule has 0 saturated carbocycles. The van der Waals surface area contributed by atoms with E-state index in [-0.39, 0.29) is 6.04 Å². The van der Waals surface area contributed by atoms with E-state index in [9.17, 15) is 0 Å². The predicted octanol–water partition coefficient (Wildman–Crippen LogP) is 3.41. The zero-order chi connectivity index (χ0) is 15.2. The van der Waals surface area contributed by atoms with Crippen molar-refractivity contribution in [3.05, 3.63) is 52.8 Å². The van der Waals surface area contributed by atoms with Gasteiger partial charge in [0.15, 0.2) is 0 Å². The van der Waals surface area contributed by atoms with E-state index in [1.165, 1.54) is 23.2 Å². The molecule has 0 saturated heterocycles. The molecule has 2 N–H and O–H groups in total. The highest BCUT2D eigenvalue weighted by atomic mass is 15.3. The summed E-state index contributed by atoms with van der Waals surface area (Å²) in [5.74, 6) is 0. The normalized spacial score (nSPS) is 12.6. The minimum Gasteiger partial charge on any atom is -0.328 e. The molecule has 1 atom stereocenters. The number of hydrogen-bond donors (Lipinski definition) is 1. The fourth-order valence-electron chi connectivity index (χ4n) is 2.80. The summed E-state index contributed by atoms with van der Waals surface area (Å²) in [4.78, 5) is 0. The summed E-state index contributed by atoms with van der Waals surface area (Å²) in [6, 6.07) is 10.9. The highest BCUT2D eigenvalue weighted by molar-refractivity contribution is 5.25. The first-order chi connectivity index (χ1) is 10.1. The highest BCUT2D eigenvalue weighted by Crippen LogP contribution is 2.16. The second-order valence-corrected chi connectivity index (χ2v) is 6.00. The summed E-state index contributed by atoms with van der Waals surface area (Å²) >= 11 is 0. The average Bonchev–Trinajstić information content (AvgIpc) is 2.72. The molecule has 1 aromatic heterocycles. The van der Waals surface area contributed by atoms with Gasteiger partial charge in [-0.25, -0.2) is 0 Å². The number of nitrogens with two attached hydrogens (primary N) is 1. The molecule has 0 amide bonds. The van der Waals surface area contributed by atoms with Crippen LogP contribution in [0.15, 0.2) is 30.3 Å². The first kappa shape index (κ1) is 15.8. The number of benzene rings is 1. The molecule has 0 aliphatic rings. The van der Waals surface area contributed by atoms with E-state index in [1.54, 1.807) is 0 Å². The minimum atomic E-state index is 0.193. The molecule has 0 aliphatic carbocycles. The Labute approximate surface area is 128 Å². The molecule has 21 heavy (non-hydrogen) atoms. The molecule has 0 fully saturated rings. The van der Waals surface area contributed by atoms with Gasteiger partial charge in [0.2, 0.25) is 0 Å². The van der Waals surface area contributed by atoms with E-state index >= 15 is 0 Å². The Balaban J connectivity index is 1.86. The maximum Gasteiger partial charge on any atom is 0.0629 e. The molecule has 0 spiro atoms. The summed E-state index contributed by atoms with van der Waals surface area (Å²) in [6.45, 7) is 7.30. The summed E-state index contributed by atoms with van der Waals surface area (Å²) < 4.78 is 2.15. The molecule has 0 radical (unpaired) electrons. The first-order valence-electron chi connectivity index (χ1n) is 7.90. The van der Waals surface area contributed by atoms with Gasteiger partial charge in [-0.15, -0.1) is 0 Å². The van der Waals surface area contributed by atoms with Crippen molar-refractivity contribution in [3.63, 3.8) is 0 Å². The van der Waals surface area contributed by atoms with E-state index in [0.29, 0.717) is 0 Å². The van der Waals surface area contributed by atoms with E-state index in [2.05, 4.69) is 60.9 Å². The van der Waals surface area contributed by atoms with Gasteiger partial charge in [0.1, 0.15) is 0 Å². The molecule has 0 bridgehead atoms. The van der Waals surface area contributed by atoms with Crippen molar-refractivity contribution in [1.29, 1.82) is 0 Å². The topological polar surface area (TPSA) is 43.8 Å². The smallest absolute Gasteiger partial charge is 0.0629 e. The van der Waals surface area contributed by atoms with Crippen LogP contribution in [0.3, 0.4) is 0 Å². The Morgan fingerprint density at radius 2 is 1.86 bits per heavy atom. The van der Waals surface area contributed by atoms with Gasteiger partial charge in [-0.1, -0.05) is 30.3 Å². The molecule has 3 heteroatoms. The molecular formula is C18H27N3. The van der Waals surface area contributed by atoms with Crippen LogP contribution in [0.2, 0.25) is 0 Å². The van der Waals surface area contributed by atoms with Gasteiger partial charge in [0, 0.05) is 18.3 Å². The second kappa shape index (κ2) is 7.41. The van der Waals surface area contributed by atoms with Gasteiger partial charge in [-0.05, 0) is 57.6 Å². The molecule has 1 unspecified atom stereocenters. The molecular weight excluding hydrogens is 258 g/mol. The number of unbranched alkanes of at least 4 members (excludes halogenated alkanes) is 1. The van der Waals surface area contributed by atoms with Crippen LogP contribution in [0.4, 0.5) is 0 Å². The Kier molecular flexibility index (Phi) is 5.57. The third kappa shape index (κ3) is 4.43. The molecule has 2 rings (SSSR count). The lowest BCUT2D eigenvalue weighted by Crippen LogP contribution is -2.18. The van der Waals surface area contributed by atoms with E-state index in [1.807, 2.05) is 0 Å². The SMILES string of the molecule is Cc1nn(CCCCc2ccccc2)c(C)c1CC(C)N. The van der Waals surface area contributed by atoms with Crippen molar-refractivity contribution in [2.24, 2.45) is 5.73 Å². The van der Waals surface area contributed by atoms with Crippen molar-refractivity contribution in [1.82, 2.24) is 9.78 Å². The second-order valence-electron chi connectivity index (χ2n) is 6.00. The van der Waals surface area contributed by atoms with Gasteiger partial charge in [0.05, 0.1) is 5.69 Å². The molecule has 114 valence electrons. The van der Waals surface area contributed by atoms with Crippen LogP contribution in [0.25, 0.3) is 0 Å². The highest BCUT2D eigenvalue weighted by Gasteiger charge is 2.12. The van der Waals surface area contributed by atoms with Crippen molar-refractivity contribution < 1.29 is 0 Å². The van der Waals surface area contributed by atoms with Crippen LogP contribution in [0.1, 0.15) is 42.3 Å². The Hall–Kier alpha value is -1.61. The van der Waals surface area contributed by atoms with Gasteiger partial charge in [-0.2, -0.15) is 5.10 Å². The lowest BCUT2D eigenvalue weighted by Gasteiger charge is -2.07.